The summed E-state index contributed by atoms with van der Waals surface area (Å²) in [6, 6.07) is -0.0268. The Hall–Kier alpha value is -1.89. The van der Waals surface area contributed by atoms with Crippen molar-refractivity contribution < 1.29 is 5.11 Å². The third-order valence-corrected chi connectivity index (χ3v) is 2.75. The SMILES string of the molecule is CNc1nc(N(C)C(C)CO)c2[nH]cnc2n1. The normalized spacial score (nSPS) is 12.7. The van der Waals surface area contributed by atoms with Crippen molar-refractivity contribution in [3.05, 3.63) is 6.33 Å². The largest absolute Gasteiger partial charge is 0.394 e. The first-order chi connectivity index (χ1) is 8.17. The average molecular weight is 236 g/mol. The molecular formula is C10H16N6O. The van der Waals surface area contributed by atoms with Crippen LogP contribution in [0.15, 0.2) is 6.33 Å². The van der Waals surface area contributed by atoms with Crippen LogP contribution in [0.5, 0.6) is 0 Å². The minimum atomic E-state index is -0.0268. The zero-order chi connectivity index (χ0) is 12.4. The van der Waals surface area contributed by atoms with Crippen LogP contribution in [-0.2, 0) is 0 Å². The Labute approximate surface area is 98.9 Å². The molecule has 0 bridgehead atoms. The number of nitrogens with zero attached hydrogens (tertiary/aromatic N) is 4. The van der Waals surface area contributed by atoms with E-state index < -0.39 is 0 Å². The van der Waals surface area contributed by atoms with Gasteiger partial charge in [-0.3, -0.25) is 0 Å². The summed E-state index contributed by atoms with van der Waals surface area (Å²) in [7, 11) is 3.63. The number of aliphatic hydroxyl groups is 1. The first-order valence-corrected chi connectivity index (χ1v) is 5.40. The van der Waals surface area contributed by atoms with Gasteiger partial charge >= 0.3 is 0 Å². The van der Waals surface area contributed by atoms with Crippen LogP contribution in [0.1, 0.15) is 6.92 Å². The highest BCUT2D eigenvalue weighted by atomic mass is 16.3. The van der Waals surface area contributed by atoms with Crippen LogP contribution in [0, 0.1) is 0 Å². The molecule has 1 atom stereocenters. The van der Waals surface area contributed by atoms with Gasteiger partial charge in [-0.05, 0) is 6.92 Å². The monoisotopic (exact) mass is 236 g/mol. The van der Waals surface area contributed by atoms with Crippen molar-refractivity contribution in [2.45, 2.75) is 13.0 Å². The second-order valence-electron chi connectivity index (χ2n) is 3.86. The fourth-order valence-electron chi connectivity index (χ4n) is 1.52. The van der Waals surface area contributed by atoms with Gasteiger partial charge in [-0.25, -0.2) is 4.98 Å². The molecule has 92 valence electrons. The Morgan fingerprint density at radius 2 is 2.29 bits per heavy atom. The van der Waals surface area contributed by atoms with Crippen LogP contribution in [0.25, 0.3) is 11.2 Å². The third kappa shape index (κ3) is 2.01. The van der Waals surface area contributed by atoms with E-state index >= 15 is 0 Å². The maximum absolute atomic E-state index is 9.19. The van der Waals surface area contributed by atoms with Crippen LogP contribution >= 0.6 is 0 Å². The Morgan fingerprint density at radius 3 is 2.94 bits per heavy atom. The van der Waals surface area contributed by atoms with E-state index in [9.17, 15) is 5.11 Å². The Kier molecular flexibility index (Phi) is 3.10. The van der Waals surface area contributed by atoms with Crippen molar-refractivity contribution in [1.29, 1.82) is 0 Å². The highest BCUT2D eigenvalue weighted by Crippen LogP contribution is 2.22. The van der Waals surface area contributed by atoms with Crippen molar-refractivity contribution in [1.82, 2.24) is 19.9 Å². The summed E-state index contributed by atoms with van der Waals surface area (Å²) in [5, 5.41) is 12.1. The minimum absolute atomic E-state index is 0.0268. The average Bonchev–Trinajstić information content (AvgIpc) is 2.83. The molecule has 17 heavy (non-hydrogen) atoms. The number of fused-ring (bicyclic) bond motifs is 1. The van der Waals surface area contributed by atoms with Gasteiger partial charge in [-0.1, -0.05) is 0 Å². The lowest BCUT2D eigenvalue weighted by atomic mass is 10.3. The molecule has 0 aliphatic carbocycles. The van der Waals surface area contributed by atoms with E-state index in [-0.39, 0.29) is 12.6 Å². The van der Waals surface area contributed by atoms with Gasteiger partial charge in [0, 0.05) is 14.1 Å². The number of anilines is 2. The van der Waals surface area contributed by atoms with Crippen LogP contribution in [0.4, 0.5) is 11.8 Å². The number of H-pyrrole nitrogens is 1. The van der Waals surface area contributed by atoms with Gasteiger partial charge in [-0.2, -0.15) is 9.97 Å². The van der Waals surface area contributed by atoms with E-state index in [1.54, 1.807) is 13.4 Å². The lowest BCUT2D eigenvalue weighted by molar-refractivity contribution is 0.270. The zero-order valence-electron chi connectivity index (χ0n) is 10.1. The van der Waals surface area contributed by atoms with Crippen LogP contribution in [0.3, 0.4) is 0 Å². The van der Waals surface area contributed by atoms with Gasteiger partial charge in [0.1, 0.15) is 5.52 Å². The van der Waals surface area contributed by atoms with Crippen molar-refractivity contribution >= 4 is 22.9 Å². The van der Waals surface area contributed by atoms with E-state index in [1.807, 2.05) is 18.9 Å². The molecule has 2 rings (SSSR count). The lowest BCUT2D eigenvalue weighted by Gasteiger charge is -2.24. The van der Waals surface area contributed by atoms with Gasteiger partial charge in [0.2, 0.25) is 5.95 Å². The number of hydrogen-bond donors (Lipinski definition) is 3. The van der Waals surface area contributed by atoms with E-state index in [2.05, 4.69) is 25.3 Å². The first kappa shape index (κ1) is 11.6. The van der Waals surface area contributed by atoms with Crippen molar-refractivity contribution in [2.75, 3.05) is 30.9 Å². The van der Waals surface area contributed by atoms with Crippen molar-refractivity contribution in [2.24, 2.45) is 0 Å². The van der Waals surface area contributed by atoms with Gasteiger partial charge in [0.15, 0.2) is 11.5 Å². The fraction of sp³-hybridized carbons (Fsp3) is 0.500. The fourth-order valence-corrected chi connectivity index (χ4v) is 1.52. The highest BCUT2D eigenvalue weighted by molar-refractivity contribution is 5.84. The number of rotatable bonds is 4. The molecule has 2 aromatic heterocycles. The molecule has 0 saturated heterocycles. The third-order valence-electron chi connectivity index (χ3n) is 2.75. The molecule has 0 aliphatic heterocycles. The predicted octanol–water partition coefficient (Wildman–Crippen LogP) is 0.212. The molecule has 0 spiro atoms. The highest BCUT2D eigenvalue weighted by Gasteiger charge is 2.16. The first-order valence-electron chi connectivity index (χ1n) is 5.40. The van der Waals surface area contributed by atoms with Crippen molar-refractivity contribution in [3.63, 3.8) is 0 Å². The van der Waals surface area contributed by atoms with Crippen LogP contribution in [0.2, 0.25) is 0 Å². The van der Waals surface area contributed by atoms with E-state index in [0.717, 1.165) is 11.3 Å². The van der Waals surface area contributed by atoms with E-state index in [4.69, 9.17) is 0 Å². The number of imidazole rings is 1. The summed E-state index contributed by atoms with van der Waals surface area (Å²) >= 11 is 0. The summed E-state index contributed by atoms with van der Waals surface area (Å²) in [6.07, 6.45) is 1.58. The summed E-state index contributed by atoms with van der Waals surface area (Å²) < 4.78 is 0. The van der Waals surface area contributed by atoms with Crippen molar-refractivity contribution in [3.8, 4) is 0 Å². The molecular weight excluding hydrogens is 220 g/mol. The second kappa shape index (κ2) is 4.54. The molecule has 0 fully saturated rings. The number of aromatic nitrogens is 4. The summed E-state index contributed by atoms with van der Waals surface area (Å²) in [6.45, 7) is 1.98. The Morgan fingerprint density at radius 1 is 1.53 bits per heavy atom. The van der Waals surface area contributed by atoms with Gasteiger partial charge in [0.05, 0.1) is 19.0 Å². The maximum Gasteiger partial charge on any atom is 0.226 e. The van der Waals surface area contributed by atoms with Crippen LogP contribution < -0.4 is 10.2 Å². The molecule has 2 heterocycles. The molecule has 2 aromatic rings. The molecule has 0 amide bonds. The van der Waals surface area contributed by atoms with E-state index in [0.29, 0.717) is 11.6 Å². The Balaban J connectivity index is 2.53. The van der Waals surface area contributed by atoms with Gasteiger partial charge in [-0.15, -0.1) is 0 Å². The lowest BCUT2D eigenvalue weighted by Crippen LogP contribution is -2.32. The molecule has 0 saturated carbocycles. The molecule has 7 heteroatoms. The molecule has 1 unspecified atom stereocenters. The van der Waals surface area contributed by atoms with E-state index in [1.165, 1.54) is 0 Å². The number of aliphatic hydroxyl groups excluding tert-OH is 1. The number of hydrogen-bond acceptors (Lipinski definition) is 6. The molecule has 0 aromatic carbocycles. The van der Waals surface area contributed by atoms with Gasteiger partial charge < -0.3 is 20.3 Å². The number of nitrogens with one attached hydrogen (secondary N) is 2. The molecule has 0 radical (unpaired) electrons. The molecule has 3 N–H and O–H groups in total. The molecule has 7 nitrogen and oxygen atoms in total. The molecule has 0 aliphatic rings. The summed E-state index contributed by atoms with van der Waals surface area (Å²) in [5.41, 5.74) is 1.38. The topological polar surface area (TPSA) is 90.0 Å². The quantitative estimate of drug-likeness (QED) is 0.703. The zero-order valence-corrected chi connectivity index (χ0v) is 10.1. The summed E-state index contributed by atoms with van der Waals surface area (Å²) in [5.74, 6) is 1.23. The standard InChI is InChI=1S/C10H16N6O/c1-6(4-17)16(3)9-7-8(13-5-12-7)14-10(11-2)15-9/h5-6,17H,4H2,1-3H3,(H2,11,12,13,14,15). The second-order valence-corrected chi connectivity index (χ2v) is 3.86. The minimum Gasteiger partial charge on any atom is -0.394 e. The Bertz CT molecular complexity index is 510. The predicted molar refractivity (Wildman–Crippen MR) is 66.2 cm³/mol. The smallest absolute Gasteiger partial charge is 0.226 e. The summed E-state index contributed by atoms with van der Waals surface area (Å²) in [4.78, 5) is 17.6. The van der Waals surface area contributed by atoms with Gasteiger partial charge in [0.25, 0.3) is 0 Å². The van der Waals surface area contributed by atoms with Crippen LogP contribution in [-0.4, -0.2) is 51.8 Å². The maximum atomic E-state index is 9.19. The number of likely N-dealkylation sites (N-methyl/N-ethyl adjacent to an activating group) is 1. The number of aromatic amines is 1.